The number of amides is 1. The van der Waals surface area contributed by atoms with Crippen LogP contribution in [0, 0.1) is 11.7 Å². The number of carbonyl (C=O) groups excluding carboxylic acids is 1. The van der Waals surface area contributed by atoms with Crippen LogP contribution in [0.1, 0.15) is 30.9 Å². The number of hydrogen-bond acceptors (Lipinski definition) is 2. The van der Waals surface area contributed by atoms with Crippen molar-refractivity contribution in [2.75, 3.05) is 19.7 Å². The fourth-order valence-electron chi connectivity index (χ4n) is 2.64. The van der Waals surface area contributed by atoms with Gasteiger partial charge < -0.3 is 9.64 Å². The molecule has 3 rings (SSSR count). The zero-order valence-corrected chi connectivity index (χ0v) is 10.8. The summed E-state index contributed by atoms with van der Waals surface area (Å²) < 4.78 is 18.6. The first kappa shape index (κ1) is 12.6. The molecule has 2 fully saturated rings. The minimum atomic E-state index is -0.248. The van der Waals surface area contributed by atoms with E-state index in [-0.39, 0.29) is 23.7 Å². The van der Waals surface area contributed by atoms with Crippen molar-refractivity contribution in [3.05, 3.63) is 35.6 Å². The van der Waals surface area contributed by atoms with Gasteiger partial charge in [-0.15, -0.1) is 0 Å². The highest BCUT2D eigenvalue weighted by Gasteiger charge is 2.32. The lowest BCUT2D eigenvalue weighted by atomic mass is 9.84. The highest BCUT2D eigenvalue weighted by Crippen LogP contribution is 2.30. The van der Waals surface area contributed by atoms with Crippen molar-refractivity contribution in [1.82, 2.24) is 4.90 Å². The molecule has 1 atom stereocenters. The summed E-state index contributed by atoms with van der Waals surface area (Å²) in [7, 11) is 0. The third-order valence-electron chi connectivity index (χ3n) is 4.07. The molecule has 1 aliphatic carbocycles. The van der Waals surface area contributed by atoms with E-state index < -0.39 is 0 Å². The lowest BCUT2D eigenvalue weighted by molar-refractivity contribution is -0.146. The molecule has 102 valence electrons. The molecule has 4 heteroatoms. The maximum absolute atomic E-state index is 12.9. The predicted molar refractivity (Wildman–Crippen MR) is 69.0 cm³/mol. The largest absolute Gasteiger partial charge is 0.370 e. The summed E-state index contributed by atoms with van der Waals surface area (Å²) in [4.78, 5) is 14.1. The highest BCUT2D eigenvalue weighted by molar-refractivity contribution is 5.79. The zero-order valence-electron chi connectivity index (χ0n) is 10.8. The summed E-state index contributed by atoms with van der Waals surface area (Å²) in [6.07, 6.45) is 3.09. The van der Waals surface area contributed by atoms with E-state index in [1.54, 1.807) is 12.1 Å². The minimum Gasteiger partial charge on any atom is -0.370 e. The Morgan fingerprint density at radius 2 is 2.00 bits per heavy atom. The maximum Gasteiger partial charge on any atom is 0.225 e. The van der Waals surface area contributed by atoms with Crippen molar-refractivity contribution in [3.63, 3.8) is 0 Å². The van der Waals surface area contributed by atoms with Gasteiger partial charge in [0.1, 0.15) is 11.9 Å². The van der Waals surface area contributed by atoms with Gasteiger partial charge in [0.05, 0.1) is 13.2 Å². The van der Waals surface area contributed by atoms with Gasteiger partial charge in [-0.25, -0.2) is 4.39 Å². The fourth-order valence-corrected chi connectivity index (χ4v) is 2.64. The Hall–Kier alpha value is -1.42. The standard InChI is InChI=1S/C15H18FNO2/c16-13-6-4-11(5-7-13)14-10-17(8-9-19-14)15(18)12-2-1-3-12/h4-7,12,14H,1-3,8-10H2. The Morgan fingerprint density at radius 3 is 2.63 bits per heavy atom. The number of hydrogen-bond donors (Lipinski definition) is 0. The summed E-state index contributed by atoms with van der Waals surface area (Å²) in [6.45, 7) is 1.81. The molecule has 19 heavy (non-hydrogen) atoms. The van der Waals surface area contributed by atoms with Gasteiger partial charge in [0.2, 0.25) is 5.91 Å². The molecule has 1 aliphatic heterocycles. The van der Waals surface area contributed by atoms with Gasteiger partial charge in [-0.05, 0) is 30.5 Å². The lowest BCUT2D eigenvalue weighted by Crippen LogP contribution is -2.46. The summed E-state index contributed by atoms with van der Waals surface area (Å²) >= 11 is 0. The summed E-state index contributed by atoms with van der Waals surface area (Å²) in [5.74, 6) is 0.246. The second-order valence-corrected chi connectivity index (χ2v) is 5.32. The summed E-state index contributed by atoms with van der Waals surface area (Å²) in [6, 6.07) is 6.34. The second kappa shape index (κ2) is 5.29. The Morgan fingerprint density at radius 1 is 1.26 bits per heavy atom. The van der Waals surface area contributed by atoms with Gasteiger partial charge in [-0.3, -0.25) is 4.79 Å². The van der Waals surface area contributed by atoms with E-state index in [0.717, 1.165) is 18.4 Å². The van der Waals surface area contributed by atoms with Crippen molar-refractivity contribution < 1.29 is 13.9 Å². The van der Waals surface area contributed by atoms with Crippen molar-refractivity contribution in [2.45, 2.75) is 25.4 Å². The molecular weight excluding hydrogens is 245 g/mol. The highest BCUT2D eigenvalue weighted by atomic mass is 19.1. The number of halogens is 1. The molecule has 0 bridgehead atoms. The number of rotatable bonds is 2. The van der Waals surface area contributed by atoms with Crippen LogP contribution in [-0.2, 0) is 9.53 Å². The number of benzene rings is 1. The third-order valence-corrected chi connectivity index (χ3v) is 4.07. The molecule has 0 N–H and O–H groups in total. The van der Waals surface area contributed by atoms with Crippen LogP contribution in [0.3, 0.4) is 0 Å². The predicted octanol–water partition coefficient (Wildman–Crippen LogP) is 2.53. The van der Waals surface area contributed by atoms with Crippen LogP contribution in [0.4, 0.5) is 4.39 Å². The van der Waals surface area contributed by atoms with Gasteiger partial charge >= 0.3 is 0 Å². The molecule has 1 aromatic carbocycles. The quantitative estimate of drug-likeness (QED) is 0.820. The summed E-state index contributed by atoms with van der Waals surface area (Å²) in [5.41, 5.74) is 0.938. The Kier molecular flexibility index (Phi) is 3.51. The lowest BCUT2D eigenvalue weighted by Gasteiger charge is -2.37. The third kappa shape index (κ3) is 2.63. The monoisotopic (exact) mass is 263 g/mol. The number of carbonyl (C=O) groups is 1. The second-order valence-electron chi connectivity index (χ2n) is 5.32. The van der Waals surface area contributed by atoms with E-state index >= 15 is 0 Å². The number of ether oxygens (including phenoxy) is 1. The molecule has 1 saturated carbocycles. The van der Waals surface area contributed by atoms with Crippen LogP contribution in [0.2, 0.25) is 0 Å². The first-order valence-electron chi connectivity index (χ1n) is 6.90. The molecule has 1 amide bonds. The van der Waals surface area contributed by atoms with Crippen LogP contribution in [0.25, 0.3) is 0 Å². The molecule has 1 heterocycles. The SMILES string of the molecule is O=C(C1CCC1)N1CCOC(c2ccc(F)cc2)C1. The number of nitrogens with zero attached hydrogens (tertiary/aromatic N) is 1. The molecule has 0 aromatic heterocycles. The van der Waals surface area contributed by atoms with E-state index in [1.807, 2.05) is 4.90 Å². The topological polar surface area (TPSA) is 29.5 Å². The molecule has 2 aliphatic rings. The van der Waals surface area contributed by atoms with Crippen LogP contribution < -0.4 is 0 Å². The molecule has 1 aromatic rings. The Labute approximate surface area is 112 Å². The molecule has 0 radical (unpaired) electrons. The van der Waals surface area contributed by atoms with Crippen LogP contribution in [0.15, 0.2) is 24.3 Å². The Bertz CT molecular complexity index is 456. The van der Waals surface area contributed by atoms with Crippen molar-refractivity contribution in [2.24, 2.45) is 5.92 Å². The van der Waals surface area contributed by atoms with E-state index in [2.05, 4.69) is 0 Å². The number of morpholine rings is 1. The van der Waals surface area contributed by atoms with Crippen LogP contribution in [-0.4, -0.2) is 30.5 Å². The zero-order chi connectivity index (χ0) is 13.2. The molecule has 3 nitrogen and oxygen atoms in total. The first-order chi connectivity index (χ1) is 9.24. The van der Waals surface area contributed by atoms with Gasteiger partial charge in [0.25, 0.3) is 0 Å². The summed E-state index contributed by atoms with van der Waals surface area (Å²) in [5, 5.41) is 0. The van der Waals surface area contributed by atoms with Crippen molar-refractivity contribution in [3.8, 4) is 0 Å². The fraction of sp³-hybridized carbons (Fsp3) is 0.533. The maximum atomic E-state index is 12.9. The van der Waals surface area contributed by atoms with E-state index in [4.69, 9.17) is 4.74 Å². The molecular formula is C15H18FNO2. The van der Waals surface area contributed by atoms with E-state index in [0.29, 0.717) is 19.7 Å². The Balaban J connectivity index is 1.67. The van der Waals surface area contributed by atoms with E-state index in [9.17, 15) is 9.18 Å². The average molecular weight is 263 g/mol. The molecule has 1 saturated heterocycles. The minimum absolute atomic E-state index is 0.127. The van der Waals surface area contributed by atoms with Crippen LogP contribution >= 0.6 is 0 Å². The van der Waals surface area contributed by atoms with Gasteiger partial charge in [0, 0.05) is 12.5 Å². The van der Waals surface area contributed by atoms with Gasteiger partial charge in [-0.1, -0.05) is 18.6 Å². The smallest absolute Gasteiger partial charge is 0.225 e. The first-order valence-corrected chi connectivity index (χ1v) is 6.90. The average Bonchev–Trinajstić information content (AvgIpc) is 2.38. The van der Waals surface area contributed by atoms with Gasteiger partial charge in [-0.2, -0.15) is 0 Å². The normalized spacial score (nSPS) is 24.1. The van der Waals surface area contributed by atoms with Gasteiger partial charge in [0.15, 0.2) is 0 Å². The van der Waals surface area contributed by atoms with Crippen molar-refractivity contribution in [1.29, 1.82) is 0 Å². The molecule has 0 spiro atoms. The van der Waals surface area contributed by atoms with Crippen molar-refractivity contribution >= 4 is 5.91 Å². The van der Waals surface area contributed by atoms with E-state index in [1.165, 1.54) is 18.6 Å². The van der Waals surface area contributed by atoms with Crippen LogP contribution in [0.5, 0.6) is 0 Å². The molecule has 1 unspecified atom stereocenters.